The van der Waals surface area contributed by atoms with E-state index in [4.69, 9.17) is 9.47 Å². The molecule has 2 bridgehead atoms. The minimum Gasteiger partial charge on any atom is -0.489 e. The maximum absolute atomic E-state index is 13.4. The molecule has 2 aromatic carbocycles. The van der Waals surface area contributed by atoms with Gasteiger partial charge in [-0.2, -0.15) is 0 Å². The number of ether oxygens (including phenoxy) is 2. The number of ketones is 2. The molecule has 0 heterocycles. The van der Waals surface area contributed by atoms with E-state index in [1.807, 2.05) is 31.2 Å². The van der Waals surface area contributed by atoms with Crippen molar-refractivity contribution in [1.29, 1.82) is 0 Å². The molecule has 0 aliphatic heterocycles. The molecule has 0 saturated carbocycles. The maximum atomic E-state index is 13.4. The van der Waals surface area contributed by atoms with Gasteiger partial charge >= 0.3 is 0 Å². The molecule has 0 saturated heterocycles. The molecule has 0 aromatic heterocycles. The second-order valence-electron chi connectivity index (χ2n) is 7.25. The first-order valence-corrected chi connectivity index (χ1v) is 8.90. The van der Waals surface area contributed by atoms with Gasteiger partial charge < -0.3 is 9.47 Å². The number of hydrogen-bond acceptors (Lipinski definition) is 4. The van der Waals surface area contributed by atoms with Crippen LogP contribution in [0.3, 0.4) is 0 Å². The van der Waals surface area contributed by atoms with Crippen molar-refractivity contribution < 1.29 is 19.1 Å². The molecule has 0 atom stereocenters. The van der Waals surface area contributed by atoms with Gasteiger partial charge in [0.2, 0.25) is 23.1 Å². The van der Waals surface area contributed by atoms with Crippen molar-refractivity contribution in [3.63, 3.8) is 0 Å². The number of Topliss-reactive ketones (excluding diaryl/α,β-unsaturated/α-hetero) is 2. The van der Waals surface area contributed by atoms with E-state index in [0.717, 1.165) is 22.3 Å². The fourth-order valence-corrected chi connectivity index (χ4v) is 5.12. The third-order valence-electron chi connectivity index (χ3n) is 6.18. The van der Waals surface area contributed by atoms with Gasteiger partial charge in [0.1, 0.15) is 0 Å². The summed E-state index contributed by atoms with van der Waals surface area (Å²) in [7, 11) is 2.80. The molecule has 0 fully saturated rings. The Morgan fingerprint density at radius 2 is 1.26 bits per heavy atom. The van der Waals surface area contributed by atoms with Crippen LogP contribution >= 0.6 is 0 Å². The van der Waals surface area contributed by atoms with Crippen molar-refractivity contribution in [3.8, 4) is 0 Å². The molecule has 4 aliphatic rings. The summed E-state index contributed by atoms with van der Waals surface area (Å²) in [4.78, 5) is 26.8. The van der Waals surface area contributed by atoms with E-state index in [0.29, 0.717) is 11.1 Å². The van der Waals surface area contributed by atoms with Gasteiger partial charge in [-0.05, 0) is 29.2 Å². The fourth-order valence-electron chi connectivity index (χ4n) is 5.12. The van der Waals surface area contributed by atoms with Gasteiger partial charge in [0.05, 0.1) is 14.2 Å². The zero-order valence-corrected chi connectivity index (χ0v) is 15.3. The summed E-state index contributed by atoms with van der Waals surface area (Å²) in [6, 6.07) is 16.1. The van der Waals surface area contributed by atoms with Crippen LogP contribution in [0, 0.1) is 0 Å². The number of carbonyl (C=O) groups is 2. The van der Waals surface area contributed by atoms with E-state index in [-0.39, 0.29) is 29.0 Å². The molecule has 0 unspecified atom stereocenters. The van der Waals surface area contributed by atoms with Crippen LogP contribution in [0.4, 0.5) is 0 Å². The Labute approximate surface area is 157 Å². The number of rotatable bonds is 2. The van der Waals surface area contributed by atoms with Crippen LogP contribution in [0.1, 0.15) is 35.1 Å². The van der Waals surface area contributed by atoms with Gasteiger partial charge in [-0.3, -0.25) is 9.59 Å². The highest BCUT2D eigenvalue weighted by molar-refractivity contribution is 6.26. The predicted molar refractivity (Wildman–Crippen MR) is 99.3 cm³/mol. The molecule has 6 rings (SSSR count). The van der Waals surface area contributed by atoms with Gasteiger partial charge in [-0.1, -0.05) is 48.5 Å². The van der Waals surface area contributed by atoms with Crippen molar-refractivity contribution in [2.24, 2.45) is 0 Å². The lowest BCUT2D eigenvalue weighted by Gasteiger charge is -2.50. The van der Waals surface area contributed by atoms with Crippen molar-refractivity contribution >= 4 is 11.6 Å². The van der Waals surface area contributed by atoms with Gasteiger partial charge in [-0.15, -0.1) is 0 Å². The van der Waals surface area contributed by atoms with E-state index < -0.39 is 5.41 Å². The summed E-state index contributed by atoms with van der Waals surface area (Å²) in [5, 5.41) is 0. The van der Waals surface area contributed by atoms with Crippen LogP contribution in [-0.2, 0) is 24.5 Å². The van der Waals surface area contributed by atoms with E-state index in [9.17, 15) is 9.59 Å². The molecular weight excluding hydrogens is 340 g/mol. The van der Waals surface area contributed by atoms with Crippen molar-refractivity contribution in [1.82, 2.24) is 0 Å². The molecule has 134 valence electrons. The average molecular weight is 358 g/mol. The molecule has 0 radical (unpaired) electrons. The third-order valence-corrected chi connectivity index (χ3v) is 6.18. The largest absolute Gasteiger partial charge is 0.489 e. The first-order valence-electron chi connectivity index (χ1n) is 8.90. The number of benzene rings is 2. The summed E-state index contributed by atoms with van der Waals surface area (Å²) in [5.74, 6) is -0.809. The smallest absolute Gasteiger partial charge is 0.229 e. The number of allylic oxidation sites excluding steroid dienone is 2. The average Bonchev–Trinajstić information content (AvgIpc) is 2.70. The first kappa shape index (κ1) is 16.1. The fraction of sp³-hybridized carbons (Fsp3) is 0.217. The number of carbonyl (C=O) groups excluding carboxylic acids is 2. The lowest BCUT2D eigenvalue weighted by molar-refractivity contribution is -0.122. The Balaban J connectivity index is 1.91. The zero-order valence-electron chi connectivity index (χ0n) is 15.3. The normalized spacial score (nSPS) is 25.2. The lowest BCUT2D eigenvalue weighted by atomic mass is 9.51. The summed E-state index contributed by atoms with van der Waals surface area (Å²) < 4.78 is 10.6. The minimum absolute atomic E-state index is 0.00707. The summed E-state index contributed by atoms with van der Waals surface area (Å²) in [6.45, 7) is 2.03. The van der Waals surface area contributed by atoms with Crippen LogP contribution in [0.15, 0.2) is 71.2 Å². The molecule has 4 aliphatic carbocycles. The van der Waals surface area contributed by atoms with Crippen molar-refractivity contribution in [2.45, 2.75) is 18.3 Å². The summed E-state index contributed by atoms with van der Waals surface area (Å²) in [6.07, 6.45) is 0. The van der Waals surface area contributed by atoms with Crippen LogP contribution < -0.4 is 0 Å². The first-order chi connectivity index (χ1) is 13.1. The van der Waals surface area contributed by atoms with E-state index in [1.165, 1.54) is 14.2 Å². The highest BCUT2D eigenvalue weighted by Gasteiger charge is 2.57. The molecule has 2 aromatic rings. The summed E-state index contributed by atoms with van der Waals surface area (Å²) in [5.41, 5.74) is 4.65. The number of methoxy groups -OCH3 is 2. The Bertz CT molecular complexity index is 1060. The van der Waals surface area contributed by atoms with Crippen LogP contribution in [0.25, 0.3) is 0 Å². The molecule has 27 heavy (non-hydrogen) atoms. The van der Waals surface area contributed by atoms with Crippen LogP contribution in [0.2, 0.25) is 0 Å². The zero-order chi connectivity index (χ0) is 18.9. The second kappa shape index (κ2) is 5.19. The van der Waals surface area contributed by atoms with Gasteiger partial charge in [-0.25, -0.2) is 0 Å². The quantitative estimate of drug-likeness (QED) is 0.772. The standard InChI is InChI=1S/C23H18O4/c1-23-14-10-6-4-8-12(14)16(13-9-5-7-11-15(13)23)17-18(23)20(25)22(27-3)21(26-2)19(17)24/h4-11,16H,1-3H3. The molecule has 0 N–H and O–H groups in total. The topological polar surface area (TPSA) is 52.6 Å². The van der Waals surface area contributed by atoms with Crippen LogP contribution in [0.5, 0.6) is 0 Å². The monoisotopic (exact) mass is 358 g/mol. The molecule has 4 heteroatoms. The van der Waals surface area contributed by atoms with E-state index >= 15 is 0 Å². The van der Waals surface area contributed by atoms with Crippen LogP contribution in [-0.4, -0.2) is 25.8 Å². The number of hydrogen-bond donors (Lipinski definition) is 0. The third kappa shape index (κ3) is 1.68. The lowest BCUT2D eigenvalue weighted by Crippen LogP contribution is -2.47. The maximum Gasteiger partial charge on any atom is 0.229 e. The molecule has 4 nitrogen and oxygen atoms in total. The summed E-state index contributed by atoms with van der Waals surface area (Å²) >= 11 is 0. The Morgan fingerprint density at radius 3 is 1.78 bits per heavy atom. The molecular formula is C23H18O4. The molecule has 0 amide bonds. The van der Waals surface area contributed by atoms with Crippen molar-refractivity contribution in [3.05, 3.63) is 93.4 Å². The van der Waals surface area contributed by atoms with Gasteiger partial charge in [0, 0.05) is 22.5 Å². The second-order valence-corrected chi connectivity index (χ2v) is 7.25. The van der Waals surface area contributed by atoms with E-state index in [1.54, 1.807) is 0 Å². The highest BCUT2D eigenvalue weighted by Crippen LogP contribution is 2.60. The van der Waals surface area contributed by atoms with Gasteiger partial charge in [0.15, 0.2) is 0 Å². The SMILES string of the molecule is COC1=C(OC)C(=O)C2=C(C1=O)C1c3ccccc3C2(C)c2ccccc21. The Hall–Kier alpha value is -3.14. The Kier molecular flexibility index (Phi) is 3.09. The Morgan fingerprint density at radius 1 is 0.778 bits per heavy atom. The van der Waals surface area contributed by atoms with E-state index in [2.05, 4.69) is 24.3 Å². The molecule has 0 spiro atoms. The van der Waals surface area contributed by atoms with Gasteiger partial charge in [0.25, 0.3) is 0 Å². The minimum atomic E-state index is -0.701. The van der Waals surface area contributed by atoms with Crippen molar-refractivity contribution in [2.75, 3.05) is 14.2 Å². The predicted octanol–water partition coefficient (Wildman–Crippen LogP) is 3.40. The highest BCUT2D eigenvalue weighted by atomic mass is 16.5.